The maximum atomic E-state index is 13.7. The number of nitrogens with two attached hydrogens (primary N) is 1. The molecular weight excluding hydrogens is 444 g/mol. The second kappa shape index (κ2) is 7.97. The van der Waals surface area contributed by atoms with Gasteiger partial charge in [-0.05, 0) is 50.6 Å². The molecule has 11 heteroatoms. The zero-order valence-corrected chi connectivity index (χ0v) is 19.4. The topological polar surface area (TPSA) is 170 Å². The number of benzene rings is 1. The van der Waals surface area contributed by atoms with Gasteiger partial charge in [-0.15, -0.1) is 0 Å². The first-order valence-corrected chi connectivity index (χ1v) is 11.0. The van der Waals surface area contributed by atoms with E-state index in [2.05, 4.69) is 0 Å². The monoisotopic (exact) mass is 472 g/mol. The number of hydrogen-bond acceptors (Lipinski definition) is 10. The molecule has 1 amide bonds. The molecule has 0 radical (unpaired) electrons. The molecule has 0 spiro atoms. The molecule has 1 aromatic rings. The van der Waals surface area contributed by atoms with Crippen LogP contribution < -0.4 is 16.2 Å². The number of rotatable bonds is 3. The number of Topliss-reactive ketones (excluding diaryl/α,β-unsaturated/α-hetero) is 4. The third kappa shape index (κ3) is 3.04. The lowest BCUT2D eigenvalue weighted by Gasteiger charge is -2.52. The van der Waals surface area contributed by atoms with Gasteiger partial charge in [-0.3, -0.25) is 34.3 Å². The Morgan fingerprint density at radius 1 is 1.12 bits per heavy atom. The molecule has 3 aliphatic carbocycles. The van der Waals surface area contributed by atoms with Crippen LogP contribution in [0.25, 0.3) is 0 Å². The zero-order chi connectivity index (χ0) is 25.3. The van der Waals surface area contributed by atoms with Gasteiger partial charge in [0.1, 0.15) is 5.75 Å². The van der Waals surface area contributed by atoms with E-state index in [9.17, 15) is 34.2 Å². The predicted molar refractivity (Wildman–Crippen MR) is 119 cm³/mol. The lowest BCUT2D eigenvalue weighted by Crippen LogP contribution is -2.74. The second-order valence-corrected chi connectivity index (χ2v) is 9.75. The number of hydrogen-bond donors (Lipinski definition) is 4. The van der Waals surface area contributed by atoms with Gasteiger partial charge in [-0.1, -0.05) is 0 Å². The summed E-state index contributed by atoms with van der Waals surface area (Å²) in [5, 5.41) is 22.0. The summed E-state index contributed by atoms with van der Waals surface area (Å²) < 4.78 is 0. The number of aromatic hydroxyl groups is 1. The molecular formula is C23H28N4O7. The van der Waals surface area contributed by atoms with Gasteiger partial charge in [0.2, 0.25) is 0 Å². The number of anilines is 1. The summed E-state index contributed by atoms with van der Waals surface area (Å²) in [6, 6.07) is 1.92. The van der Waals surface area contributed by atoms with Crippen LogP contribution in [0.2, 0.25) is 0 Å². The Labute approximate surface area is 195 Å². The minimum atomic E-state index is -2.72. The van der Waals surface area contributed by atoms with Gasteiger partial charge >= 0.3 is 0 Å². The molecule has 2 saturated carbocycles. The summed E-state index contributed by atoms with van der Waals surface area (Å²) in [4.78, 5) is 69.3. The van der Waals surface area contributed by atoms with Crippen molar-refractivity contribution in [3.05, 3.63) is 23.3 Å². The number of nitrogens with zero attached hydrogens (tertiary/aromatic N) is 2. The van der Waals surface area contributed by atoms with Crippen molar-refractivity contribution < 1.29 is 34.2 Å². The quantitative estimate of drug-likeness (QED) is 0.175. The van der Waals surface area contributed by atoms with Gasteiger partial charge in [0.25, 0.3) is 5.91 Å². The van der Waals surface area contributed by atoms with Crippen molar-refractivity contribution in [3.63, 3.8) is 0 Å². The highest BCUT2D eigenvalue weighted by Crippen LogP contribution is 2.51. The molecule has 1 aromatic carbocycles. The Kier molecular flexibility index (Phi) is 5.62. The van der Waals surface area contributed by atoms with Crippen LogP contribution in [0.15, 0.2) is 12.1 Å². The molecule has 2 fully saturated rings. The van der Waals surface area contributed by atoms with Gasteiger partial charge in [0.15, 0.2) is 34.7 Å². The molecule has 0 saturated heterocycles. The van der Waals surface area contributed by atoms with Crippen LogP contribution in [0.3, 0.4) is 0 Å². The van der Waals surface area contributed by atoms with E-state index in [1.54, 1.807) is 44.6 Å². The van der Waals surface area contributed by atoms with E-state index in [0.717, 1.165) is 0 Å². The lowest BCUT2D eigenvalue weighted by molar-refractivity contribution is -0.181. The minimum absolute atomic E-state index is 0.0115. The highest BCUT2D eigenvalue weighted by atomic mass is 16.3. The maximum absolute atomic E-state index is 13.7. The Hall–Kier alpha value is -3.15. The smallest absolute Gasteiger partial charge is 0.252 e. The molecule has 182 valence electrons. The number of phenolic OH excluding ortho intramolecular Hbond substituents is 1. The molecule has 0 bridgehead atoms. The van der Waals surface area contributed by atoms with Crippen LogP contribution in [-0.4, -0.2) is 84.0 Å². The number of nitrogens with one attached hydrogen (secondary N) is 1. The number of carbonyl (C=O) groups is 5. The Morgan fingerprint density at radius 3 is 2.32 bits per heavy atom. The number of hydrazine groups is 1. The second-order valence-electron chi connectivity index (χ2n) is 9.75. The molecule has 34 heavy (non-hydrogen) atoms. The molecule has 0 heterocycles. The number of likely N-dealkylation sites (N-methyl/N-ethyl adjacent to an activating group) is 1. The average Bonchev–Trinajstić information content (AvgIpc) is 2.75. The van der Waals surface area contributed by atoms with Crippen molar-refractivity contribution in [1.82, 2.24) is 10.3 Å². The van der Waals surface area contributed by atoms with Crippen molar-refractivity contribution in [2.75, 3.05) is 33.1 Å². The van der Waals surface area contributed by atoms with Gasteiger partial charge in [0, 0.05) is 25.7 Å². The number of amides is 1. The summed E-state index contributed by atoms with van der Waals surface area (Å²) in [5.74, 6) is -5.11. The molecule has 0 aliphatic heterocycles. The van der Waals surface area contributed by atoms with Gasteiger partial charge in [-0.2, -0.15) is 0 Å². The largest absolute Gasteiger partial charge is 0.507 e. The SMILES string of the molecule is CN(C)c1ccc(O)c2c1CC1CC3[C@H](N(C)C)C(=O)C(C(=O)NN)C(=O)[C@@]3(O)C(=O)C1C2=O. The lowest BCUT2D eigenvalue weighted by atomic mass is 9.52. The Morgan fingerprint density at radius 2 is 1.76 bits per heavy atom. The molecule has 5 N–H and O–H groups in total. The fourth-order valence-electron chi connectivity index (χ4n) is 6.07. The van der Waals surface area contributed by atoms with Crippen molar-refractivity contribution in [2.24, 2.45) is 29.5 Å². The number of phenols is 1. The molecule has 4 rings (SSSR count). The van der Waals surface area contributed by atoms with Gasteiger partial charge in [0.05, 0.1) is 17.5 Å². The van der Waals surface area contributed by atoms with Crippen LogP contribution in [0, 0.1) is 23.7 Å². The van der Waals surface area contributed by atoms with E-state index in [-0.39, 0.29) is 24.2 Å². The average molecular weight is 472 g/mol. The zero-order valence-electron chi connectivity index (χ0n) is 19.4. The van der Waals surface area contributed by atoms with Crippen molar-refractivity contribution >= 4 is 34.7 Å². The first-order chi connectivity index (χ1) is 15.9. The summed E-state index contributed by atoms with van der Waals surface area (Å²) in [5.41, 5.74) is 0.303. The van der Waals surface area contributed by atoms with E-state index in [1.807, 2.05) is 0 Å². The van der Waals surface area contributed by atoms with Crippen LogP contribution >= 0.6 is 0 Å². The van der Waals surface area contributed by atoms with Crippen LogP contribution in [0.1, 0.15) is 22.3 Å². The van der Waals surface area contributed by atoms with Crippen molar-refractivity contribution in [1.29, 1.82) is 0 Å². The summed E-state index contributed by atoms with van der Waals surface area (Å²) in [7, 11) is 6.68. The first-order valence-electron chi connectivity index (χ1n) is 11.0. The number of aliphatic hydroxyl groups is 1. The number of carbonyl (C=O) groups excluding carboxylic acids is 5. The summed E-state index contributed by atoms with van der Waals surface area (Å²) >= 11 is 0. The molecule has 3 aliphatic rings. The van der Waals surface area contributed by atoms with E-state index >= 15 is 0 Å². The van der Waals surface area contributed by atoms with Crippen molar-refractivity contribution in [2.45, 2.75) is 24.5 Å². The Bertz CT molecular complexity index is 1130. The van der Waals surface area contributed by atoms with Crippen molar-refractivity contribution in [3.8, 4) is 5.75 Å². The van der Waals surface area contributed by atoms with Crippen LogP contribution in [0.4, 0.5) is 5.69 Å². The highest BCUT2D eigenvalue weighted by Gasteiger charge is 2.69. The molecule has 0 aromatic heterocycles. The third-order valence-corrected chi connectivity index (χ3v) is 7.52. The first kappa shape index (κ1) is 24.0. The standard InChI is InChI=1S/C23H28N4O7/c1-26(2)12-5-6-13(28)15-10(12)7-9-8-11-17(27(3)4)19(30)16(22(33)25-24)21(32)23(11,34)20(31)14(9)18(15)29/h5-6,9,11,14,16-17,28,34H,7-8,24H2,1-4H3,(H,25,33)/t9?,11?,14?,16?,17-,23-/m0/s1. The molecule has 6 atom stereocenters. The van der Waals surface area contributed by atoms with Gasteiger partial charge < -0.3 is 15.1 Å². The predicted octanol–water partition coefficient (Wildman–Crippen LogP) is -1.56. The summed E-state index contributed by atoms with van der Waals surface area (Å²) in [6.45, 7) is 0. The number of fused-ring (bicyclic) bond motifs is 3. The van der Waals surface area contributed by atoms with E-state index < -0.39 is 64.4 Å². The third-order valence-electron chi connectivity index (χ3n) is 7.52. The Balaban J connectivity index is 1.88. The van der Waals surface area contributed by atoms with E-state index in [4.69, 9.17) is 5.84 Å². The molecule has 11 nitrogen and oxygen atoms in total. The van der Waals surface area contributed by atoms with Crippen LogP contribution in [-0.2, 0) is 25.6 Å². The summed E-state index contributed by atoms with van der Waals surface area (Å²) in [6.07, 6.45) is 0.263. The van der Waals surface area contributed by atoms with Gasteiger partial charge in [-0.25, -0.2) is 5.84 Å². The maximum Gasteiger partial charge on any atom is 0.252 e. The van der Waals surface area contributed by atoms with E-state index in [0.29, 0.717) is 11.3 Å². The molecule has 4 unspecified atom stereocenters. The normalized spacial score (nSPS) is 32.7. The minimum Gasteiger partial charge on any atom is -0.507 e. The van der Waals surface area contributed by atoms with E-state index in [1.165, 1.54) is 11.0 Å². The van der Waals surface area contributed by atoms with Crippen LogP contribution in [0.5, 0.6) is 5.75 Å². The fraction of sp³-hybridized carbons (Fsp3) is 0.522. The fourth-order valence-corrected chi connectivity index (χ4v) is 6.07. The highest BCUT2D eigenvalue weighted by molar-refractivity contribution is 6.32. The number of ketones is 4.